The summed E-state index contributed by atoms with van der Waals surface area (Å²) in [6.45, 7) is 6.29. The lowest BCUT2D eigenvalue weighted by molar-refractivity contribution is 0.411. The molecule has 0 heterocycles. The Morgan fingerprint density at radius 3 is 2.43 bits per heavy atom. The minimum absolute atomic E-state index is 0.0270. The van der Waals surface area contributed by atoms with Crippen LogP contribution >= 0.6 is 11.8 Å². The van der Waals surface area contributed by atoms with E-state index < -0.39 is 0 Å². The first kappa shape index (κ1) is 15.9. The SMILES string of the molecule is COc1cc(C)c(C(N)CSc2ccccc2C)cc1C. The second-order valence-electron chi connectivity index (χ2n) is 5.36. The van der Waals surface area contributed by atoms with Crippen molar-refractivity contribution in [3.05, 3.63) is 58.7 Å². The topological polar surface area (TPSA) is 35.2 Å². The van der Waals surface area contributed by atoms with E-state index in [-0.39, 0.29) is 6.04 Å². The van der Waals surface area contributed by atoms with E-state index in [2.05, 4.69) is 57.2 Å². The maximum absolute atomic E-state index is 6.39. The van der Waals surface area contributed by atoms with Crippen LogP contribution in [0.2, 0.25) is 0 Å². The zero-order valence-corrected chi connectivity index (χ0v) is 14.0. The van der Waals surface area contributed by atoms with Gasteiger partial charge < -0.3 is 10.5 Å². The van der Waals surface area contributed by atoms with Crippen molar-refractivity contribution in [2.24, 2.45) is 5.73 Å². The summed E-state index contributed by atoms with van der Waals surface area (Å²) in [6, 6.07) is 12.7. The van der Waals surface area contributed by atoms with Crippen molar-refractivity contribution in [3.8, 4) is 5.75 Å². The van der Waals surface area contributed by atoms with E-state index in [1.807, 2.05) is 11.8 Å². The summed E-state index contributed by atoms with van der Waals surface area (Å²) in [4.78, 5) is 1.30. The molecule has 0 bridgehead atoms. The molecule has 21 heavy (non-hydrogen) atoms. The number of hydrogen-bond acceptors (Lipinski definition) is 3. The fourth-order valence-corrected chi connectivity index (χ4v) is 3.43. The van der Waals surface area contributed by atoms with E-state index >= 15 is 0 Å². The van der Waals surface area contributed by atoms with Gasteiger partial charge in [-0.2, -0.15) is 0 Å². The molecule has 2 aromatic carbocycles. The molecule has 2 rings (SSSR count). The Morgan fingerprint density at radius 1 is 1.05 bits per heavy atom. The monoisotopic (exact) mass is 301 g/mol. The molecule has 112 valence electrons. The molecule has 0 spiro atoms. The van der Waals surface area contributed by atoms with Crippen LogP contribution in [0.3, 0.4) is 0 Å². The Balaban J connectivity index is 2.12. The normalized spacial score (nSPS) is 12.2. The van der Waals surface area contributed by atoms with Gasteiger partial charge in [-0.3, -0.25) is 0 Å². The van der Waals surface area contributed by atoms with Gasteiger partial charge in [-0.1, -0.05) is 24.3 Å². The highest BCUT2D eigenvalue weighted by molar-refractivity contribution is 7.99. The van der Waals surface area contributed by atoms with Crippen molar-refractivity contribution in [2.45, 2.75) is 31.7 Å². The van der Waals surface area contributed by atoms with Crippen molar-refractivity contribution < 1.29 is 4.74 Å². The molecule has 0 saturated carbocycles. The molecule has 0 aliphatic heterocycles. The van der Waals surface area contributed by atoms with Gasteiger partial charge in [0, 0.05) is 16.7 Å². The quantitative estimate of drug-likeness (QED) is 0.831. The lowest BCUT2D eigenvalue weighted by Crippen LogP contribution is -2.15. The average Bonchev–Trinajstić information content (AvgIpc) is 2.48. The van der Waals surface area contributed by atoms with Gasteiger partial charge >= 0.3 is 0 Å². The molecular weight excluding hydrogens is 278 g/mol. The van der Waals surface area contributed by atoms with Crippen molar-refractivity contribution in [1.29, 1.82) is 0 Å². The summed E-state index contributed by atoms with van der Waals surface area (Å²) < 4.78 is 5.36. The van der Waals surface area contributed by atoms with E-state index in [0.717, 1.165) is 17.1 Å². The van der Waals surface area contributed by atoms with E-state index in [4.69, 9.17) is 10.5 Å². The van der Waals surface area contributed by atoms with E-state index in [1.54, 1.807) is 7.11 Å². The van der Waals surface area contributed by atoms with E-state index in [1.165, 1.54) is 21.6 Å². The maximum Gasteiger partial charge on any atom is 0.122 e. The van der Waals surface area contributed by atoms with Gasteiger partial charge in [0.25, 0.3) is 0 Å². The van der Waals surface area contributed by atoms with E-state index in [9.17, 15) is 0 Å². The number of methoxy groups -OCH3 is 1. The number of ether oxygens (including phenoxy) is 1. The highest BCUT2D eigenvalue weighted by atomic mass is 32.2. The Bertz CT molecular complexity index is 625. The molecule has 1 atom stereocenters. The molecule has 0 aliphatic rings. The second-order valence-corrected chi connectivity index (χ2v) is 6.42. The first-order chi connectivity index (χ1) is 10.0. The number of rotatable bonds is 5. The zero-order chi connectivity index (χ0) is 15.4. The number of aryl methyl sites for hydroxylation is 3. The van der Waals surface area contributed by atoms with Crippen LogP contribution in [0.15, 0.2) is 41.3 Å². The van der Waals surface area contributed by atoms with Crippen LogP contribution in [0.1, 0.15) is 28.3 Å². The van der Waals surface area contributed by atoms with Crippen LogP contribution in [0.4, 0.5) is 0 Å². The van der Waals surface area contributed by atoms with Crippen LogP contribution in [0.25, 0.3) is 0 Å². The van der Waals surface area contributed by atoms with Crippen LogP contribution in [-0.2, 0) is 0 Å². The molecular formula is C18H23NOS. The first-order valence-electron chi connectivity index (χ1n) is 7.12. The van der Waals surface area contributed by atoms with Crippen LogP contribution in [0, 0.1) is 20.8 Å². The summed E-state index contributed by atoms with van der Waals surface area (Å²) in [6.07, 6.45) is 0. The predicted molar refractivity (Wildman–Crippen MR) is 91.3 cm³/mol. The first-order valence-corrected chi connectivity index (χ1v) is 8.10. The van der Waals surface area contributed by atoms with Crippen molar-refractivity contribution in [3.63, 3.8) is 0 Å². The largest absolute Gasteiger partial charge is 0.496 e. The minimum Gasteiger partial charge on any atom is -0.496 e. The Labute approximate surface area is 131 Å². The van der Waals surface area contributed by atoms with Gasteiger partial charge in [0.2, 0.25) is 0 Å². The molecule has 0 saturated heterocycles. The van der Waals surface area contributed by atoms with Gasteiger partial charge in [-0.05, 0) is 55.2 Å². The Kier molecular flexibility index (Phi) is 5.32. The standard InChI is InChI=1S/C18H23NOS/c1-12-7-5-6-8-18(12)21-11-16(19)15-9-14(3)17(20-4)10-13(15)2/h5-10,16H,11,19H2,1-4H3. The molecule has 0 amide bonds. The summed E-state index contributed by atoms with van der Waals surface area (Å²) in [5.41, 5.74) is 11.2. The highest BCUT2D eigenvalue weighted by Crippen LogP contribution is 2.30. The fraction of sp³-hybridized carbons (Fsp3) is 0.333. The number of nitrogens with two attached hydrogens (primary N) is 1. The number of benzene rings is 2. The van der Waals surface area contributed by atoms with Crippen molar-refractivity contribution >= 4 is 11.8 Å². The zero-order valence-electron chi connectivity index (χ0n) is 13.1. The van der Waals surface area contributed by atoms with Crippen molar-refractivity contribution in [2.75, 3.05) is 12.9 Å². The molecule has 1 unspecified atom stereocenters. The molecule has 3 heteroatoms. The van der Waals surface area contributed by atoms with Crippen LogP contribution in [0.5, 0.6) is 5.75 Å². The van der Waals surface area contributed by atoms with Gasteiger partial charge in [0.1, 0.15) is 5.75 Å². The Hall–Kier alpha value is -1.45. The third kappa shape index (κ3) is 3.80. The van der Waals surface area contributed by atoms with E-state index in [0.29, 0.717) is 0 Å². The summed E-state index contributed by atoms with van der Waals surface area (Å²) in [7, 11) is 1.70. The highest BCUT2D eigenvalue weighted by Gasteiger charge is 2.13. The lowest BCUT2D eigenvalue weighted by Gasteiger charge is -2.17. The molecule has 0 radical (unpaired) electrons. The predicted octanol–water partition coefficient (Wildman–Crippen LogP) is 4.41. The summed E-state index contributed by atoms with van der Waals surface area (Å²) in [5, 5.41) is 0. The summed E-state index contributed by atoms with van der Waals surface area (Å²) in [5.74, 6) is 1.80. The maximum atomic E-state index is 6.39. The third-order valence-electron chi connectivity index (χ3n) is 3.69. The third-order valence-corrected chi connectivity index (χ3v) is 4.99. The molecule has 2 aromatic rings. The molecule has 2 nitrogen and oxygen atoms in total. The summed E-state index contributed by atoms with van der Waals surface area (Å²) >= 11 is 1.82. The average molecular weight is 301 g/mol. The number of hydrogen-bond donors (Lipinski definition) is 1. The molecule has 0 fully saturated rings. The van der Waals surface area contributed by atoms with Crippen molar-refractivity contribution in [1.82, 2.24) is 0 Å². The van der Waals surface area contributed by atoms with Gasteiger partial charge in [0.05, 0.1) is 7.11 Å². The van der Waals surface area contributed by atoms with Crippen LogP contribution < -0.4 is 10.5 Å². The van der Waals surface area contributed by atoms with Gasteiger partial charge in [-0.15, -0.1) is 11.8 Å². The minimum atomic E-state index is 0.0270. The van der Waals surface area contributed by atoms with Gasteiger partial charge in [0.15, 0.2) is 0 Å². The fourth-order valence-electron chi connectivity index (χ4n) is 2.42. The van der Waals surface area contributed by atoms with Gasteiger partial charge in [-0.25, -0.2) is 0 Å². The molecule has 2 N–H and O–H groups in total. The Morgan fingerprint density at radius 2 is 1.76 bits per heavy atom. The second kappa shape index (κ2) is 7.01. The smallest absolute Gasteiger partial charge is 0.122 e. The number of thioether (sulfide) groups is 1. The molecule has 0 aliphatic carbocycles. The lowest BCUT2D eigenvalue weighted by atomic mass is 10.00. The molecule has 0 aromatic heterocycles. The van der Waals surface area contributed by atoms with Crippen LogP contribution in [-0.4, -0.2) is 12.9 Å².